The quantitative estimate of drug-likeness (QED) is 0.772. The molecule has 0 aliphatic heterocycles. The number of fused-ring (bicyclic) bond motifs is 2. The van der Waals surface area contributed by atoms with Crippen LogP contribution in [0.3, 0.4) is 0 Å². The lowest BCUT2D eigenvalue weighted by Crippen LogP contribution is -2.18. The lowest BCUT2D eigenvalue weighted by atomic mass is 9.94. The molecule has 1 aromatic rings. The molecule has 1 saturated carbocycles. The first-order valence-corrected chi connectivity index (χ1v) is 5.98. The molecule has 2 bridgehead atoms. The fourth-order valence-electron chi connectivity index (χ4n) is 2.60. The molecule has 1 N–H and O–H groups in total. The van der Waals surface area contributed by atoms with Crippen molar-refractivity contribution in [3.63, 3.8) is 0 Å². The SMILES string of the molecule is C1=CC2CC1CC2CNc1nncs1. The molecule has 3 rings (SSSR count). The van der Waals surface area contributed by atoms with Crippen LogP contribution < -0.4 is 5.32 Å². The molecule has 0 radical (unpaired) electrons. The number of hydrogen-bond donors (Lipinski definition) is 1. The molecule has 3 atom stereocenters. The van der Waals surface area contributed by atoms with Crippen molar-refractivity contribution >= 4 is 16.5 Å². The van der Waals surface area contributed by atoms with E-state index in [9.17, 15) is 0 Å². The standard InChI is InChI=1S/C10H13N3S/c1-2-8-3-7(1)4-9(8)5-11-10-13-12-6-14-10/h1-2,6-9H,3-5H2,(H,11,13). The minimum Gasteiger partial charge on any atom is -0.360 e. The van der Waals surface area contributed by atoms with E-state index < -0.39 is 0 Å². The van der Waals surface area contributed by atoms with Crippen LogP contribution in [-0.2, 0) is 0 Å². The monoisotopic (exact) mass is 207 g/mol. The fourth-order valence-corrected chi connectivity index (χ4v) is 3.05. The van der Waals surface area contributed by atoms with Crippen molar-refractivity contribution in [3.8, 4) is 0 Å². The Morgan fingerprint density at radius 3 is 3.07 bits per heavy atom. The van der Waals surface area contributed by atoms with Gasteiger partial charge in [0, 0.05) is 6.54 Å². The second-order valence-corrected chi connectivity index (χ2v) is 5.00. The lowest BCUT2D eigenvalue weighted by molar-refractivity contribution is 0.471. The summed E-state index contributed by atoms with van der Waals surface area (Å²) in [5.41, 5.74) is 1.77. The van der Waals surface area contributed by atoms with Crippen LogP contribution in [0.5, 0.6) is 0 Å². The van der Waals surface area contributed by atoms with Crippen molar-refractivity contribution in [2.45, 2.75) is 12.8 Å². The van der Waals surface area contributed by atoms with Crippen LogP contribution in [0, 0.1) is 17.8 Å². The molecule has 14 heavy (non-hydrogen) atoms. The minimum absolute atomic E-state index is 0.814. The highest BCUT2D eigenvalue weighted by atomic mass is 32.1. The summed E-state index contributed by atoms with van der Waals surface area (Å²) in [6, 6.07) is 0. The highest BCUT2D eigenvalue weighted by molar-refractivity contribution is 7.13. The van der Waals surface area contributed by atoms with Crippen molar-refractivity contribution < 1.29 is 0 Å². The first kappa shape index (κ1) is 8.41. The van der Waals surface area contributed by atoms with Gasteiger partial charge < -0.3 is 5.32 Å². The van der Waals surface area contributed by atoms with Gasteiger partial charge in [0.2, 0.25) is 5.13 Å². The molecule has 0 aromatic carbocycles. The summed E-state index contributed by atoms with van der Waals surface area (Å²) in [7, 11) is 0. The van der Waals surface area contributed by atoms with Gasteiger partial charge in [0.05, 0.1) is 0 Å². The molecule has 0 spiro atoms. The van der Waals surface area contributed by atoms with Gasteiger partial charge in [0.25, 0.3) is 0 Å². The summed E-state index contributed by atoms with van der Waals surface area (Å²) >= 11 is 1.57. The maximum atomic E-state index is 3.98. The molecule has 3 nitrogen and oxygen atoms in total. The summed E-state index contributed by atoms with van der Waals surface area (Å²) in [5.74, 6) is 2.50. The van der Waals surface area contributed by atoms with E-state index in [1.165, 1.54) is 12.8 Å². The molecule has 3 unspecified atom stereocenters. The van der Waals surface area contributed by atoms with Crippen molar-refractivity contribution in [3.05, 3.63) is 17.7 Å². The van der Waals surface area contributed by atoms with E-state index >= 15 is 0 Å². The summed E-state index contributed by atoms with van der Waals surface area (Å²) < 4.78 is 0. The number of nitrogens with one attached hydrogen (secondary N) is 1. The zero-order valence-electron chi connectivity index (χ0n) is 7.89. The summed E-state index contributed by atoms with van der Waals surface area (Å²) in [4.78, 5) is 0. The number of allylic oxidation sites excluding steroid dienone is 2. The Kier molecular flexibility index (Phi) is 2.01. The van der Waals surface area contributed by atoms with Crippen LogP contribution in [0.25, 0.3) is 0 Å². The number of nitrogens with zero attached hydrogens (tertiary/aromatic N) is 2. The topological polar surface area (TPSA) is 37.8 Å². The molecule has 1 fully saturated rings. The van der Waals surface area contributed by atoms with Gasteiger partial charge in [0.1, 0.15) is 5.51 Å². The van der Waals surface area contributed by atoms with Gasteiger partial charge in [-0.05, 0) is 30.6 Å². The first-order valence-electron chi connectivity index (χ1n) is 5.10. The van der Waals surface area contributed by atoms with Gasteiger partial charge in [-0.25, -0.2) is 0 Å². The van der Waals surface area contributed by atoms with Crippen LogP contribution >= 0.6 is 11.3 Å². The Hall–Kier alpha value is -0.900. The summed E-state index contributed by atoms with van der Waals surface area (Å²) in [5, 5.41) is 12.1. The molecule has 1 heterocycles. The number of hydrogen-bond acceptors (Lipinski definition) is 4. The number of anilines is 1. The highest BCUT2D eigenvalue weighted by Crippen LogP contribution is 2.43. The smallest absolute Gasteiger partial charge is 0.205 e. The van der Waals surface area contributed by atoms with Gasteiger partial charge >= 0.3 is 0 Å². The van der Waals surface area contributed by atoms with Crippen LogP contribution in [0.4, 0.5) is 5.13 Å². The molecule has 2 aliphatic rings. The normalized spacial score (nSPS) is 33.9. The van der Waals surface area contributed by atoms with Gasteiger partial charge in [0.15, 0.2) is 0 Å². The van der Waals surface area contributed by atoms with E-state index in [1.807, 2.05) is 0 Å². The maximum absolute atomic E-state index is 3.98. The van der Waals surface area contributed by atoms with E-state index in [0.717, 1.165) is 29.4 Å². The van der Waals surface area contributed by atoms with Crippen LogP contribution in [-0.4, -0.2) is 16.7 Å². The van der Waals surface area contributed by atoms with Gasteiger partial charge in [-0.1, -0.05) is 23.5 Å². The third-order valence-corrected chi connectivity index (χ3v) is 3.94. The molecule has 0 amide bonds. The van der Waals surface area contributed by atoms with Crippen molar-refractivity contribution in [2.75, 3.05) is 11.9 Å². The molecule has 74 valence electrons. The lowest BCUT2D eigenvalue weighted by Gasteiger charge is -2.17. The second-order valence-electron chi connectivity index (χ2n) is 4.17. The average Bonchev–Trinajstić information content (AvgIpc) is 2.91. The predicted molar refractivity (Wildman–Crippen MR) is 57.2 cm³/mol. The van der Waals surface area contributed by atoms with E-state index in [2.05, 4.69) is 27.7 Å². The van der Waals surface area contributed by atoms with Gasteiger partial charge in [-0.3, -0.25) is 0 Å². The maximum Gasteiger partial charge on any atom is 0.205 e. The van der Waals surface area contributed by atoms with Gasteiger partial charge in [-0.15, -0.1) is 10.2 Å². The molecule has 2 aliphatic carbocycles. The predicted octanol–water partition coefficient (Wildman–Crippen LogP) is 2.16. The molecular weight excluding hydrogens is 194 g/mol. The van der Waals surface area contributed by atoms with Crippen LogP contribution in [0.1, 0.15) is 12.8 Å². The Morgan fingerprint density at radius 1 is 1.43 bits per heavy atom. The molecular formula is C10H13N3S. The van der Waals surface area contributed by atoms with Crippen molar-refractivity contribution in [1.29, 1.82) is 0 Å². The third-order valence-electron chi connectivity index (χ3n) is 3.29. The average molecular weight is 207 g/mol. The van der Waals surface area contributed by atoms with Crippen molar-refractivity contribution in [1.82, 2.24) is 10.2 Å². The largest absolute Gasteiger partial charge is 0.360 e. The van der Waals surface area contributed by atoms with E-state index in [4.69, 9.17) is 0 Å². The minimum atomic E-state index is 0.814. The first-order chi connectivity index (χ1) is 6.92. The zero-order chi connectivity index (χ0) is 9.38. The second kappa shape index (κ2) is 3.35. The molecule has 4 heteroatoms. The van der Waals surface area contributed by atoms with Crippen molar-refractivity contribution in [2.24, 2.45) is 17.8 Å². The van der Waals surface area contributed by atoms with Crippen LogP contribution in [0.15, 0.2) is 17.7 Å². The van der Waals surface area contributed by atoms with E-state index in [0.29, 0.717) is 0 Å². The van der Waals surface area contributed by atoms with E-state index in [1.54, 1.807) is 16.8 Å². The highest BCUT2D eigenvalue weighted by Gasteiger charge is 2.35. The number of aromatic nitrogens is 2. The van der Waals surface area contributed by atoms with Gasteiger partial charge in [-0.2, -0.15) is 0 Å². The van der Waals surface area contributed by atoms with Crippen LogP contribution in [0.2, 0.25) is 0 Å². The Labute approximate surface area is 87.2 Å². The fraction of sp³-hybridized carbons (Fsp3) is 0.600. The number of rotatable bonds is 3. The Morgan fingerprint density at radius 2 is 2.43 bits per heavy atom. The molecule has 0 saturated heterocycles. The Balaban J connectivity index is 1.57. The Bertz CT molecular complexity index is 333. The summed E-state index contributed by atoms with van der Waals surface area (Å²) in [6.07, 6.45) is 7.50. The van der Waals surface area contributed by atoms with E-state index in [-0.39, 0.29) is 0 Å². The third kappa shape index (κ3) is 1.43. The molecule has 1 aromatic heterocycles. The summed E-state index contributed by atoms with van der Waals surface area (Å²) in [6.45, 7) is 1.06. The zero-order valence-corrected chi connectivity index (χ0v) is 8.70.